The molecule has 1 aliphatic carbocycles. The Morgan fingerprint density at radius 2 is 1.92 bits per heavy atom. The van der Waals surface area contributed by atoms with Gasteiger partial charge in [-0.15, -0.1) is 0 Å². The van der Waals surface area contributed by atoms with Crippen LogP contribution in [-0.4, -0.2) is 24.5 Å². The van der Waals surface area contributed by atoms with E-state index in [0.29, 0.717) is 17.9 Å². The fraction of sp³-hybridized carbons (Fsp3) is 0.250. The Balaban J connectivity index is 1.54. The van der Waals surface area contributed by atoms with E-state index in [4.69, 9.17) is 4.74 Å². The summed E-state index contributed by atoms with van der Waals surface area (Å²) in [6, 6.07) is 15.6. The van der Waals surface area contributed by atoms with Gasteiger partial charge in [0.05, 0.1) is 12.7 Å². The summed E-state index contributed by atoms with van der Waals surface area (Å²) in [5.74, 6) is 0.519. The summed E-state index contributed by atoms with van der Waals surface area (Å²) in [4.78, 5) is 15.9. The fourth-order valence-electron chi connectivity index (χ4n) is 3.38. The number of hydrogen-bond acceptors (Lipinski definition) is 2. The number of aromatic nitrogens is 1. The molecule has 4 heteroatoms. The smallest absolute Gasteiger partial charge is 0.255 e. The maximum absolute atomic E-state index is 12.5. The highest BCUT2D eigenvalue weighted by molar-refractivity contribution is 5.97. The van der Waals surface area contributed by atoms with Gasteiger partial charge in [-0.05, 0) is 36.6 Å². The Morgan fingerprint density at radius 3 is 2.71 bits per heavy atom. The third-order valence-corrected chi connectivity index (χ3v) is 4.95. The fourth-order valence-corrected chi connectivity index (χ4v) is 3.38. The number of methoxy groups -OCH3 is 1. The highest BCUT2D eigenvalue weighted by atomic mass is 16.5. The highest BCUT2D eigenvalue weighted by Crippen LogP contribution is 2.50. The summed E-state index contributed by atoms with van der Waals surface area (Å²) >= 11 is 0. The molecular weight excluding hydrogens is 300 g/mol. The molecule has 2 aromatic carbocycles. The van der Waals surface area contributed by atoms with Crippen LogP contribution in [0, 0.1) is 0 Å². The van der Waals surface area contributed by atoms with Gasteiger partial charge in [-0.2, -0.15) is 0 Å². The Bertz CT molecular complexity index is 893. The van der Waals surface area contributed by atoms with E-state index >= 15 is 0 Å². The first kappa shape index (κ1) is 14.8. The number of carbonyl (C=O) groups is 1. The van der Waals surface area contributed by atoms with Crippen molar-refractivity contribution in [3.63, 3.8) is 0 Å². The zero-order valence-corrected chi connectivity index (χ0v) is 13.6. The van der Waals surface area contributed by atoms with Gasteiger partial charge < -0.3 is 15.0 Å². The Kier molecular flexibility index (Phi) is 3.53. The number of hydrogen-bond donors (Lipinski definition) is 2. The molecule has 122 valence electrons. The van der Waals surface area contributed by atoms with E-state index < -0.39 is 0 Å². The van der Waals surface area contributed by atoms with E-state index in [1.165, 1.54) is 10.9 Å². The third-order valence-electron chi connectivity index (χ3n) is 4.95. The summed E-state index contributed by atoms with van der Waals surface area (Å²) in [6.07, 6.45) is 4.29. The number of ether oxygens (including phenoxy) is 1. The highest BCUT2D eigenvalue weighted by Gasteiger charge is 2.45. The van der Waals surface area contributed by atoms with Crippen molar-refractivity contribution >= 4 is 16.8 Å². The van der Waals surface area contributed by atoms with Gasteiger partial charge in [0.2, 0.25) is 0 Å². The molecule has 1 aliphatic rings. The van der Waals surface area contributed by atoms with Crippen molar-refractivity contribution in [1.29, 1.82) is 0 Å². The number of para-hydroxylation sites is 2. The second kappa shape index (κ2) is 5.71. The first-order chi connectivity index (χ1) is 11.7. The summed E-state index contributed by atoms with van der Waals surface area (Å²) < 4.78 is 5.28. The van der Waals surface area contributed by atoms with Gasteiger partial charge in [-0.3, -0.25) is 4.79 Å². The Hall–Kier alpha value is -2.75. The number of rotatable bonds is 5. The van der Waals surface area contributed by atoms with Gasteiger partial charge in [0.15, 0.2) is 0 Å². The van der Waals surface area contributed by atoms with Crippen molar-refractivity contribution in [2.24, 2.45) is 0 Å². The molecule has 2 N–H and O–H groups in total. The maximum atomic E-state index is 12.5. The van der Waals surface area contributed by atoms with E-state index in [1.54, 1.807) is 13.2 Å². The van der Waals surface area contributed by atoms with Crippen molar-refractivity contribution in [3.05, 3.63) is 65.9 Å². The third kappa shape index (κ3) is 2.44. The number of benzene rings is 2. The van der Waals surface area contributed by atoms with Crippen LogP contribution in [0.4, 0.5) is 0 Å². The van der Waals surface area contributed by atoms with E-state index in [9.17, 15) is 4.79 Å². The summed E-state index contributed by atoms with van der Waals surface area (Å²) in [6.45, 7) is 0.645. The number of nitrogens with one attached hydrogen (secondary N) is 2. The van der Waals surface area contributed by atoms with Crippen molar-refractivity contribution in [1.82, 2.24) is 10.3 Å². The molecule has 0 spiro atoms. The first-order valence-electron chi connectivity index (χ1n) is 8.21. The number of aromatic amines is 1. The summed E-state index contributed by atoms with van der Waals surface area (Å²) in [5.41, 5.74) is 3.08. The van der Waals surface area contributed by atoms with E-state index in [0.717, 1.165) is 18.4 Å². The SMILES string of the molecule is COc1ccccc1C(=O)NCC1(c2c[nH]c3ccccc23)CC1. The van der Waals surface area contributed by atoms with Gasteiger partial charge in [-0.25, -0.2) is 0 Å². The zero-order chi connectivity index (χ0) is 16.6. The van der Waals surface area contributed by atoms with Crippen molar-refractivity contribution < 1.29 is 9.53 Å². The van der Waals surface area contributed by atoms with Crippen LogP contribution in [0.1, 0.15) is 28.8 Å². The van der Waals surface area contributed by atoms with Crippen molar-refractivity contribution in [2.75, 3.05) is 13.7 Å². The number of carbonyl (C=O) groups excluding carboxylic acids is 1. The first-order valence-corrected chi connectivity index (χ1v) is 8.21. The lowest BCUT2D eigenvalue weighted by Gasteiger charge is -2.16. The molecule has 3 aromatic rings. The molecule has 4 rings (SSSR count). The lowest BCUT2D eigenvalue weighted by molar-refractivity contribution is 0.0946. The van der Waals surface area contributed by atoms with Gasteiger partial charge in [-0.1, -0.05) is 30.3 Å². The Labute approximate surface area is 140 Å². The monoisotopic (exact) mass is 320 g/mol. The number of amides is 1. The van der Waals surface area contributed by atoms with Crippen LogP contribution in [0.2, 0.25) is 0 Å². The van der Waals surface area contributed by atoms with Crippen LogP contribution in [0.3, 0.4) is 0 Å². The molecule has 0 saturated heterocycles. The van der Waals surface area contributed by atoms with Crippen LogP contribution in [-0.2, 0) is 5.41 Å². The van der Waals surface area contributed by atoms with Gasteiger partial charge in [0.25, 0.3) is 5.91 Å². The molecule has 1 aromatic heterocycles. The Morgan fingerprint density at radius 1 is 1.17 bits per heavy atom. The van der Waals surface area contributed by atoms with E-state index in [2.05, 4.69) is 34.7 Å². The quantitative estimate of drug-likeness (QED) is 0.754. The maximum Gasteiger partial charge on any atom is 0.255 e. The lowest BCUT2D eigenvalue weighted by atomic mass is 9.95. The minimum absolute atomic E-state index is 0.0529. The molecule has 0 atom stereocenters. The summed E-state index contributed by atoms with van der Waals surface area (Å²) in [7, 11) is 1.58. The van der Waals surface area contributed by atoms with Crippen LogP contribution in [0.15, 0.2) is 54.7 Å². The molecule has 0 unspecified atom stereocenters. The van der Waals surface area contributed by atoms with Crippen LogP contribution >= 0.6 is 0 Å². The predicted octanol–water partition coefficient (Wildman–Crippen LogP) is 3.64. The van der Waals surface area contributed by atoms with Crippen molar-refractivity contribution in [2.45, 2.75) is 18.3 Å². The average molecular weight is 320 g/mol. The molecule has 0 radical (unpaired) electrons. The van der Waals surface area contributed by atoms with Crippen molar-refractivity contribution in [3.8, 4) is 5.75 Å². The molecule has 24 heavy (non-hydrogen) atoms. The van der Waals surface area contributed by atoms with Gasteiger partial charge in [0.1, 0.15) is 5.75 Å². The van der Waals surface area contributed by atoms with Crippen LogP contribution < -0.4 is 10.1 Å². The zero-order valence-electron chi connectivity index (χ0n) is 13.6. The predicted molar refractivity (Wildman–Crippen MR) is 94.5 cm³/mol. The number of H-pyrrole nitrogens is 1. The molecule has 1 amide bonds. The average Bonchev–Trinajstić information content (AvgIpc) is 3.30. The molecule has 0 aliphatic heterocycles. The summed E-state index contributed by atoms with van der Waals surface area (Å²) in [5, 5.41) is 4.35. The van der Waals surface area contributed by atoms with E-state index in [1.807, 2.05) is 24.3 Å². The van der Waals surface area contributed by atoms with Gasteiger partial charge in [0, 0.05) is 29.1 Å². The lowest BCUT2D eigenvalue weighted by Crippen LogP contribution is -2.32. The molecule has 1 heterocycles. The second-order valence-electron chi connectivity index (χ2n) is 6.41. The van der Waals surface area contributed by atoms with Crippen LogP contribution in [0.5, 0.6) is 5.75 Å². The molecule has 4 nitrogen and oxygen atoms in total. The minimum Gasteiger partial charge on any atom is -0.496 e. The number of fused-ring (bicyclic) bond motifs is 1. The molecule has 1 saturated carbocycles. The van der Waals surface area contributed by atoms with Crippen LogP contribution in [0.25, 0.3) is 10.9 Å². The topological polar surface area (TPSA) is 54.1 Å². The minimum atomic E-state index is -0.0847. The van der Waals surface area contributed by atoms with E-state index in [-0.39, 0.29) is 11.3 Å². The standard InChI is InChI=1S/C20H20N2O2/c1-24-18-9-5-3-7-15(18)19(23)22-13-20(10-11-20)16-12-21-17-8-4-2-6-14(16)17/h2-9,12,21H,10-11,13H2,1H3,(H,22,23). The normalized spacial score (nSPS) is 15.2. The second-order valence-corrected chi connectivity index (χ2v) is 6.41. The molecular formula is C20H20N2O2. The molecule has 1 fully saturated rings. The van der Waals surface area contributed by atoms with Gasteiger partial charge >= 0.3 is 0 Å². The largest absolute Gasteiger partial charge is 0.496 e. The molecule has 0 bridgehead atoms.